The number of hydrogen-bond acceptors (Lipinski definition) is 4. The van der Waals surface area contributed by atoms with Crippen LogP contribution in [0, 0.1) is 0 Å². The van der Waals surface area contributed by atoms with E-state index in [1.54, 1.807) is 25.3 Å². The van der Waals surface area contributed by atoms with E-state index < -0.39 is 0 Å². The summed E-state index contributed by atoms with van der Waals surface area (Å²) in [5, 5.41) is 0.522. The summed E-state index contributed by atoms with van der Waals surface area (Å²) in [7, 11) is 1.56. The molecule has 0 spiro atoms. The van der Waals surface area contributed by atoms with Gasteiger partial charge in [0.1, 0.15) is 11.3 Å². The molecule has 1 aliphatic heterocycles. The monoisotopic (exact) mass is 280 g/mol. The van der Waals surface area contributed by atoms with Gasteiger partial charge < -0.3 is 15.4 Å². The van der Waals surface area contributed by atoms with Gasteiger partial charge in [0.25, 0.3) is 5.91 Å². The molecule has 1 heterocycles. The maximum absolute atomic E-state index is 12.6. The molecule has 1 fully saturated rings. The Hall–Kier alpha value is -1.36. The van der Waals surface area contributed by atoms with Crippen LogP contribution in [0.15, 0.2) is 18.2 Å². The van der Waals surface area contributed by atoms with Crippen molar-refractivity contribution in [2.75, 3.05) is 31.7 Å². The van der Waals surface area contributed by atoms with Gasteiger partial charge in [0, 0.05) is 29.8 Å². The summed E-state index contributed by atoms with van der Waals surface area (Å²) in [5.74, 6) is 1.52. The minimum Gasteiger partial charge on any atom is -0.496 e. The van der Waals surface area contributed by atoms with Crippen LogP contribution < -0.4 is 10.5 Å². The predicted octanol–water partition coefficient (Wildman–Crippen LogP) is 2.25. The molecule has 1 atom stereocenters. The molecule has 1 aromatic carbocycles. The van der Waals surface area contributed by atoms with Crippen molar-refractivity contribution >= 4 is 23.4 Å². The summed E-state index contributed by atoms with van der Waals surface area (Å²) in [4.78, 5) is 14.5. The lowest BCUT2D eigenvalue weighted by atomic mass is 10.1. The van der Waals surface area contributed by atoms with E-state index in [4.69, 9.17) is 10.5 Å². The first-order chi connectivity index (χ1) is 9.17. The van der Waals surface area contributed by atoms with E-state index in [0.717, 1.165) is 25.3 Å². The van der Waals surface area contributed by atoms with Crippen molar-refractivity contribution in [1.29, 1.82) is 0 Å². The molecule has 1 aromatic rings. The molecule has 0 aromatic heterocycles. The lowest BCUT2D eigenvalue weighted by Crippen LogP contribution is -2.42. The summed E-state index contributed by atoms with van der Waals surface area (Å²) in [6.45, 7) is 3.72. The van der Waals surface area contributed by atoms with Gasteiger partial charge in [-0.15, -0.1) is 0 Å². The summed E-state index contributed by atoms with van der Waals surface area (Å²) in [5.41, 5.74) is 6.91. The van der Waals surface area contributed by atoms with E-state index in [1.807, 2.05) is 16.7 Å². The average molecular weight is 280 g/mol. The number of carbonyl (C=O) groups is 1. The molecular weight excluding hydrogens is 260 g/mol. The molecule has 1 saturated heterocycles. The molecule has 2 rings (SSSR count). The number of benzene rings is 1. The lowest BCUT2D eigenvalue weighted by Gasteiger charge is -2.32. The fraction of sp³-hybridized carbons (Fsp3) is 0.500. The van der Waals surface area contributed by atoms with E-state index in [2.05, 4.69) is 6.92 Å². The van der Waals surface area contributed by atoms with Crippen LogP contribution in [0.4, 0.5) is 5.69 Å². The SMILES string of the molecule is CCC1CN(C(=O)c2c(N)cccc2OC)CCS1. The van der Waals surface area contributed by atoms with Crippen LogP contribution in [-0.2, 0) is 0 Å². The first kappa shape index (κ1) is 14.1. The van der Waals surface area contributed by atoms with Crippen molar-refractivity contribution in [3.63, 3.8) is 0 Å². The molecular formula is C14H20N2O2S. The predicted molar refractivity (Wildman–Crippen MR) is 79.8 cm³/mol. The van der Waals surface area contributed by atoms with Gasteiger partial charge in [0.05, 0.1) is 7.11 Å². The topological polar surface area (TPSA) is 55.6 Å². The Morgan fingerprint density at radius 2 is 2.37 bits per heavy atom. The molecule has 5 heteroatoms. The van der Waals surface area contributed by atoms with Crippen molar-refractivity contribution in [3.05, 3.63) is 23.8 Å². The molecule has 4 nitrogen and oxygen atoms in total. The van der Waals surface area contributed by atoms with E-state index >= 15 is 0 Å². The minimum absolute atomic E-state index is 0.0197. The third-order valence-corrected chi connectivity index (χ3v) is 4.75. The Bertz CT molecular complexity index is 465. The van der Waals surface area contributed by atoms with Crippen LogP contribution in [-0.4, -0.2) is 42.0 Å². The molecule has 1 aliphatic rings. The largest absolute Gasteiger partial charge is 0.496 e. The zero-order valence-corrected chi connectivity index (χ0v) is 12.2. The van der Waals surface area contributed by atoms with Gasteiger partial charge in [-0.1, -0.05) is 13.0 Å². The van der Waals surface area contributed by atoms with Gasteiger partial charge in [-0.25, -0.2) is 0 Å². The highest BCUT2D eigenvalue weighted by Crippen LogP contribution is 2.28. The fourth-order valence-corrected chi connectivity index (χ4v) is 3.44. The zero-order valence-electron chi connectivity index (χ0n) is 11.4. The number of nitrogen functional groups attached to an aromatic ring is 1. The smallest absolute Gasteiger partial charge is 0.259 e. The zero-order chi connectivity index (χ0) is 13.8. The molecule has 1 amide bonds. The van der Waals surface area contributed by atoms with Gasteiger partial charge in [-0.2, -0.15) is 11.8 Å². The van der Waals surface area contributed by atoms with Crippen molar-refractivity contribution in [2.24, 2.45) is 0 Å². The maximum Gasteiger partial charge on any atom is 0.259 e. The summed E-state index contributed by atoms with van der Waals surface area (Å²) in [6, 6.07) is 5.32. The second-order valence-corrected chi connectivity index (χ2v) is 5.98. The Balaban J connectivity index is 2.24. The highest BCUT2D eigenvalue weighted by molar-refractivity contribution is 8.00. The van der Waals surface area contributed by atoms with E-state index in [1.165, 1.54) is 0 Å². The van der Waals surface area contributed by atoms with Crippen LogP contribution in [0.25, 0.3) is 0 Å². The number of rotatable bonds is 3. The number of nitrogens with zero attached hydrogens (tertiary/aromatic N) is 1. The first-order valence-electron chi connectivity index (χ1n) is 6.50. The van der Waals surface area contributed by atoms with Crippen molar-refractivity contribution in [1.82, 2.24) is 4.90 Å². The van der Waals surface area contributed by atoms with Gasteiger partial charge in [-0.05, 0) is 18.6 Å². The number of ether oxygens (including phenoxy) is 1. The third-order valence-electron chi connectivity index (χ3n) is 3.37. The number of thioether (sulfide) groups is 1. The van der Waals surface area contributed by atoms with Crippen molar-refractivity contribution in [3.8, 4) is 5.75 Å². The number of methoxy groups -OCH3 is 1. The van der Waals surface area contributed by atoms with Crippen molar-refractivity contribution in [2.45, 2.75) is 18.6 Å². The summed E-state index contributed by atoms with van der Waals surface area (Å²) >= 11 is 1.94. The molecule has 0 radical (unpaired) electrons. The molecule has 104 valence electrons. The normalized spacial score (nSPS) is 19.3. The molecule has 0 saturated carbocycles. The van der Waals surface area contributed by atoms with Gasteiger partial charge >= 0.3 is 0 Å². The fourth-order valence-electron chi connectivity index (χ4n) is 2.26. The standard InChI is InChI=1S/C14H20N2O2S/c1-3-10-9-16(7-8-19-10)14(17)13-11(15)5-4-6-12(13)18-2/h4-6,10H,3,7-9,15H2,1-2H3. The molecule has 0 bridgehead atoms. The van der Waals surface area contributed by atoms with Crippen LogP contribution in [0.2, 0.25) is 0 Å². The van der Waals surface area contributed by atoms with Gasteiger partial charge in [-0.3, -0.25) is 4.79 Å². The molecule has 1 unspecified atom stereocenters. The Kier molecular flexibility index (Phi) is 4.58. The maximum atomic E-state index is 12.6. The Morgan fingerprint density at radius 3 is 3.05 bits per heavy atom. The number of anilines is 1. The Labute approximate surface area is 118 Å². The molecule has 19 heavy (non-hydrogen) atoms. The van der Waals surface area contributed by atoms with E-state index in [9.17, 15) is 4.79 Å². The molecule has 2 N–H and O–H groups in total. The van der Waals surface area contributed by atoms with Crippen molar-refractivity contribution < 1.29 is 9.53 Å². The van der Waals surface area contributed by atoms with Crippen LogP contribution in [0.1, 0.15) is 23.7 Å². The summed E-state index contributed by atoms with van der Waals surface area (Å²) in [6.07, 6.45) is 1.08. The lowest BCUT2D eigenvalue weighted by molar-refractivity contribution is 0.0758. The van der Waals surface area contributed by atoms with E-state index in [0.29, 0.717) is 22.3 Å². The second kappa shape index (κ2) is 6.19. The van der Waals surface area contributed by atoms with Crippen LogP contribution in [0.3, 0.4) is 0 Å². The first-order valence-corrected chi connectivity index (χ1v) is 7.55. The van der Waals surface area contributed by atoms with Crippen LogP contribution >= 0.6 is 11.8 Å². The highest BCUT2D eigenvalue weighted by atomic mass is 32.2. The van der Waals surface area contributed by atoms with E-state index in [-0.39, 0.29) is 5.91 Å². The van der Waals surface area contributed by atoms with Crippen LogP contribution in [0.5, 0.6) is 5.75 Å². The quantitative estimate of drug-likeness (QED) is 0.863. The number of carbonyl (C=O) groups excluding carboxylic acids is 1. The van der Waals surface area contributed by atoms with Gasteiger partial charge in [0.2, 0.25) is 0 Å². The number of amides is 1. The van der Waals surface area contributed by atoms with Gasteiger partial charge in [0.15, 0.2) is 0 Å². The second-order valence-electron chi connectivity index (χ2n) is 4.58. The Morgan fingerprint density at radius 1 is 1.58 bits per heavy atom. The number of hydrogen-bond donors (Lipinski definition) is 1. The summed E-state index contributed by atoms with van der Waals surface area (Å²) < 4.78 is 5.26. The minimum atomic E-state index is -0.0197. The average Bonchev–Trinajstić information content (AvgIpc) is 2.46. The molecule has 0 aliphatic carbocycles. The highest BCUT2D eigenvalue weighted by Gasteiger charge is 2.27. The third kappa shape index (κ3) is 2.97. The number of nitrogens with two attached hydrogens (primary N) is 1.